The lowest BCUT2D eigenvalue weighted by atomic mass is 10.1. The number of ether oxygens (including phenoxy) is 2. The van der Waals surface area contributed by atoms with E-state index in [2.05, 4.69) is 0 Å². The number of halogens is 2. The van der Waals surface area contributed by atoms with Crippen molar-refractivity contribution < 1.29 is 27.8 Å². The maximum atomic E-state index is 13.4. The first-order valence-corrected chi connectivity index (χ1v) is 6.96. The molecule has 0 radical (unpaired) electrons. The predicted octanol–water partition coefficient (Wildman–Crippen LogP) is 2.82. The van der Waals surface area contributed by atoms with Crippen molar-refractivity contribution in [2.75, 3.05) is 19.8 Å². The summed E-state index contributed by atoms with van der Waals surface area (Å²) in [4.78, 5) is 23.4. The standard InChI is InChI=1S/C16H16F2O4/c17-12-1-2-13(14(18)9-12)15(19)3-4-16(20)22-10-11-5-7-21-8-6-11/h1-2,5,9H,3-4,6-8,10H2. The van der Waals surface area contributed by atoms with Crippen LogP contribution in [0.3, 0.4) is 0 Å². The Labute approximate surface area is 126 Å². The van der Waals surface area contributed by atoms with E-state index in [4.69, 9.17) is 9.47 Å². The van der Waals surface area contributed by atoms with Gasteiger partial charge in [0.15, 0.2) is 5.78 Å². The van der Waals surface area contributed by atoms with Gasteiger partial charge in [0.05, 0.1) is 25.2 Å². The van der Waals surface area contributed by atoms with E-state index in [1.807, 2.05) is 6.08 Å². The van der Waals surface area contributed by atoms with Crippen LogP contribution in [0.1, 0.15) is 29.6 Å². The summed E-state index contributed by atoms with van der Waals surface area (Å²) >= 11 is 0. The minimum atomic E-state index is -0.925. The number of hydrogen-bond acceptors (Lipinski definition) is 4. The van der Waals surface area contributed by atoms with E-state index < -0.39 is 23.4 Å². The number of ketones is 1. The summed E-state index contributed by atoms with van der Waals surface area (Å²) in [6, 6.07) is 2.72. The summed E-state index contributed by atoms with van der Waals surface area (Å²) in [6.45, 7) is 1.29. The van der Waals surface area contributed by atoms with Crippen LogP contribution in [0.15, 0.2) is 29.8 Å². The first-order valence-electron chi connectivity index (χ1n) is 6.96. The number of rotatable bonds is 6. The van der Waals surface area contributed by atoms with Crippen molar-refractivity contribution in [2.45, 2.75) is 19.3 Å². The molecule has 0 unspecified atom stereocenters. The molecule has 1 aliphatic heterocycles. The molecule has 1 aliphatic rings. The molecule has 0 saturated carbocycles. The lowest BCUT2D eigenvalue weighted by Crippen LogP contribution is -2.14. The molecule has 2 rings (SSSR count). The SMILES string of the molecule is O=C(CCC(=O)c1ccc(F)cc1F)OCC1=CCOCC1. The average Bonchev–Trinajstić information content (AvgIpc) is 2.51. The summed E-state index contributed by atoms with van der Waals surface area (Å²) in [5.41, 5.74) is 0.761. The minimum Gasteiger partial charge on any atom is -0.461 e. The smallest absolute Gasteiger partial charge is 0.306 e. The average molecular weight is 310 g/mol. The van der Waals surface area contributed by atoms with Crippen molar-refractivity contribution in [3.05, 3.63) is 47.0 Å². The van der Waals surface area contributed by atoms with E-state index in [1.54, 1.807) is 0 Å². The number of Topliss-reactive ketones (excluding diaryl/α,β-unsaturated/α-hetero) is 1. The summed E-state index contributed by atoms with van der Waals surface area (Å²) in [6.07, 6.45) is 2.26. The summed E-state index contributed by atoms with van der Waals surface area (Å²) < 4.78 is 36.4. The van der Waals surface area contributed by atoms with Gasteiger partial charge in [-0.3, -0.25) is 9.59 Å². The van der Waals surface area contributed by atoms with Gasteiger partial charge in [-0.2, -0.15) is 0 Å². The predicted molar refractivity (Wildman–Crippen MR) is 74.4 cm³/mol. The van der Waals surface area contributed by atoms with E-state index in [9.17, 15) is 18.4 Å². The normalized spacial score (nSPS) is 14.4. The van der Waals surface area contributed by atoms with Crippen LogP contribution in [-0.2, 0) is 14.3 Å². The summed E-state index contributed by atoms with van der Waals surface area (Å²) in [5.74, 6) is -2.76. The van der Waals surface area contributed by atoms with Crippen molar-refractivity contribution in [3.8, 4) is 0 Å². The van der Waals surface area contributed by atoms with Crippen LogP contribution in [0.25, 0.3) is 0 Å². The fraction of sp³-hybridized carbons (Fsp3) is 0.375. The van der Waals surface area contributed by atoms with Crippen LogP contribution >= 0.6 is 0 Å². The molecular formula is C16H16F2O4. The highest BCUT2D eigenvalue weighted by molar-refractivity contribution is 5.97. The summed E-state index contributed by atoms with van der Waals surface area (Å²) in [5, 5.41) is 0. The fourth-order valence-electron chi connectivity index (χ4n) is 2.01. The zero-order valence-corrected chi connectivity index (χ0v) is 11.9. The topological polar surface area (TPSA) is 52.6 Å². The van der Waals surface area contributed by atoms with Crippen molar-refractivity contribution >= 4 is 11.8 Å². The van der Waals surface area contributed by atoms with Crippen LogP contribution in [0, 0.1) is 11.6 Å². The molecule has 0 amide bonds. The molecule has 1 heterocycles. The maximum absolute atomic E-state index is 13.4. The van der Waals surface area contributed by atoms with Gasteiger partial charge in [0.25, 0.3) is 0 Å². The first-order chi connectivity index (χ1) is 10.6. The van der Waals surface area contributed by atoms with Crippen LogP contribution in [0.2, 0.25) is 0 Å². The van der Waals surface area contributed by atoms with Crippen LogP contribution in [0.5, 0.6) is 0 Å². The molecule has 0 bridgehead atoms. The highest BCUT2D eigenvalue weighted by atomic mass is 19.1. The second-order valence-electron chi connectivity index (χ2n) is 4.90. The molecule has 0 aromatic heterocycles. The van der Waals surface area contributed by atoms with Crippen LogP contribution in [0.4, 0.5) is 8.78 Å². The molecule has 0 saturated heterocycles. The molecule has 118 valence electrons. The monoisotopic (exact) mass is 310 g/mol. The Kier molecular flexibility index (Phi) is 5.77. The molecule has 0 spiro atoms. The molecule has 0 aliphatic carbocycles. The summed E-state index contributed by atoms with van der Waals surface area (Å²) in [7, 11) is 0. The highest BCUT2D eigenvalue weighted by Crippen LogP contribution is 2.13. The first kappa shape index (κ1) is 16.3. The van der Waals surface area contributed by atoms with E-state index in [-0.39, 0.29) is 25.0 Å². The largest absolute Gasteiger partial charge is 0.461 e. The minimum absolute atomic E-state index is 0.139. The number of carbonyl (C=O) groups excluding carboxylic acids is 2. The Morgan fingerprint density at radius 2 is 2.05 bits per heavy atom. The Morgan fingerprint density at radius 3 is 2.73 bits per heavy atom. The fourth-order valence-corrected chi connectivity index (χ4v) is 2.01. The third-order valence-electron chi connectivity index (χ3n) is 3.26. The molecule has 6 heteroatoms. The zero-order valence-electron chi connectivity index (χ0n) is 11.9. The zero-order chi connectivity index (χ0) is 15.9. The van der Waals surface area contributed by atoms with Gasteiger partial charge in [-0.15, -0.1) is 0 Å². The molecule has 4 nitrogen and oxygen atoms in total. The Morgan fingerprint density at radius 1 is 1.23 bits per heavy atom. The van der Waals surface area contributed by atoms with E-state index in [1.165, 1.54) is 0 Å². The number of hydrogen-bond donors (Lipinski definition) is 0. The lowest BCUT2D eigenvalue weighted by molar-refractivity contribution is -0.142. The van der Waals surface area contributed by atoms with Crippen molar-refractivity contribution in [2.24, 2.45) is 0 Å². The van der Waals surface area contributed by atoms with Gasteiger partial charge in [0, 0.05) is 12.5 Å². The van der Waals surface area contributed by atoms with Gasteiger partial charge < -0.3 is 9.47 Å². The highest BCUT2D eigenvalue weighted by Gasteiger charge is 2.15. The second-order valence-corrected chi connectivity index (χ2v) is 4.90. The lowest BCUT2D eigenvalue weighted by Gasteiger charge is -2.13. The van der Waals surface area contributed by atoms with Crippen LogP contribution < -0.4 is 0 Å². The van der Waals surface area contributed by atoms with Crippen molar-refractivity contribution in [1.82, 2.24) is 0 Å². The van der Waals surface area contributed by atoms with Crippen LogP contribution in [-0.4, -0.2) is 31.6 Å². The van der Waals surface area contributed by atoms with Gasteiger partial charge in [-0.25, -0.2) is 8.78 Å². The maximum Gasteiger partial charge on any atom is 0.306 e. The number of esters is 1. The van der Waals surface area contributed by atoms with Gasteiger partial charge >= 0.3 is 5.97 Å². The second kappa shape index (κ2) is 7.79. The van der Waals surface area contributed by atoms with E-state index in [0.717, 1.165) is 17.7 Å². The molecule has 0 fully saturated rings. The third kappa shape index (κ3) is 4.73. The van der Waals surface area contributed by atoms with Gasteiger partial charge in [-0.1, -0.05) is 6.08 Å². The molecule has 22 heavy (non-hydrogen) atoms. The Bertz CT molecular complexity index is 596. The molecule has 1 aromatic rings. The quantitative estimate of drug-likeness (QED) is 0.460. The van der Waals surface area contributed by atoms with Gasteiger partial charge in [0.2, 0.25) is 0 Å². The molecule has 0 N–H and O–H groups in total. The molecular weight excluding hydrogens is 294 g/mol. The van der Waals surface area contributed by atoms with Crippen molar-refractivity contribution in [1.29, 1.82) is 0 Å². The molecule has 1 aromatic carbocycles. The number of carbonyl (C=O) groups is 2. The molecule has 0 atom stereocenters. The Balaban J connectivity index is 1.78. The van der Waals surface area contributed by atoms with E-state index in [0.29, 0.717) is 25.7 Å². The van der Waals surface area contributed by atoms with Gasteiger partial charge in [-0.05, 0) is 24.1 Å². The third-order valence-corrected chi connectivity index (χ3v) is 3.26. The number of benzene rings is 1. The van der Waals surface area contributed by atoms with E-state index >= 15 is 0 Å². The van der Waals surface area contributed by atoms with Gasteiger partial charge in [0.1, 0.15) is 18.2 Å². The van der Waals surface area contributed by atoms with Crippen molar-refractivity contribution in [3.63, 3.8) is 0 Å². The Hall–Kier alpha value is -2.08.